The van der Waals surface area contributed by atoms with Gasteiger partial charge < -0.3 is 5.73 Å². The highest BCUT2D eigenvalue weighted by molar-refractivity contribution is 5.81. The first-order chi connectivity index (χ1) is 8.68. The number of nitrogens with one attached hydrogen (secondary N) is 1. The van der Waals surface area contributed by atoms with Crippen LogP contribution in [0.1, 0.15) is 32.3 Å². The molecule has 18 heavy (non-hydrogen) atoms. The van der Waals surface area contributed by atoms with E-state index in [0.717, 1.165) is 5.56 Å². The fourth-order valence-corrected chi connectivity index (χ4v) is 1.82. The minimum Gasteiger partial charge on any atom is -0.329 e. The van der Waals surface area contributed by atoms with Gasteiger partial charge in [-0.15, -0.1) is 0 Å². The minimum atomic E-state index is -0.517. The molecule has 0 atom stereocenters. The second kappa shape index (κ2) is 7.13. The first kappa shape index (κ1) is 14.7. The van der Waals surface area contributed by atoms with Crippen LogP contribution < -0.4 is 11.2 Å². The zero-order chi connectivity index (χ0) is 13.4. The third-order valence-electron chi connectivity index (χ3n) is 3.47. The maximum atomic E-state index is 12.0. The summed E-state index contributed by atoms with van der Waals surface area (Å²) in [5.74, 6) is -0.133. The molecule has 100 valence electrons. The van der Waals surface area contributed by atoms with Crippen LogP contribution in [0.3, 0.4) is 0 Å². The van der Waals surface area contributed by atoms with E-state index in [2.05, 4.69) is 5.48 Å². The van der Waals surface area contributed by atoms with Crippen LogP contribution in [0.25, 0.3) is 0 Å². The SMILES string of the molecule is CCC(CC)(CN)C(=O)NOCc1ccccc1. The van der Waals surface area contributed by atoms with Gasteiger partial charge >= 0.3 is 0 Å². The Morgan fingerprint density at radius 3 is 2.39 bits per heavy atom. The van der Waals surface area contributed by atoms with Gasteiger partial charge in [-0.1, -0.05) is 44.2 Å². The quantitative estimate of drug-likeness (QED) is 0.727. The van der Waals surface area contributed by atoms with Crippen LogP contribution in [0.2, 0.25) is 0 Å². The van der Waals surface area contributed by atoms with Gasteiger partial charge in [0.2, 0.25) is 0 Å². The fourth-order valence-electron chi connectivity index (χ4n) is 1.82. The van der Waals surface area contributed by atoms with E-state index in [1.807, 2.05) is 44.2 Å². The molecule has 1 amide bonds. The lowest BCUT2D eigenvalue weighted by atomic mass is 9.82. The van der Waals surface area contributed by atoms with Crippen molar-refractivity contribution < 1.29 is 9.63 Å². The number of amides is 1. The van der Waals surface area contributed by atoms with Gasteiger partial charge in [-0.2, -0.15) is 0 Å². The molecule has 0 heterocycles. The Bertz CT molecular complexity index is 353. The molecule has 0 bridgehead atoms. The van der Waals surface area contributed by atoms with Gasteiger partial charge in [0.05, 0.1) is 12.0 Å². The molecule has 0 aliphatic carbocycles. The summed E-state index contributed by atoms with van der Waals surface area (Å²) in [4.78, 5) is 17.3. The van der Waals surface area contributed by atoms with Crippen molar-refractivity contribution in [1.82, 2.24) is 5.48 Å². The molecule has 1 aromatic rings. The number of carbonyl (C=O) groups is 1. The summed E-state index contributed by atoms with van der Waals surface area (Å²) in [5.41, 5.74) is 8.70. The summed E-state index contributed by atoms with van der Waals surface area (Å²) >= 11 is 0. The minimum absolute atomic E-state index is 0.133. The highest BCUT2D eigenvalue weighted by Gasteiger charge is 2.33. The third-order valence-corrected chi connectivity index (χ3v) is 3.47. The van der Waals surface area contributed by atoms with Gasteiger partial charge in [-0.05, 0) is 18.4 Å². The van der Waals surface area contributed by atoms with Gasteiger partial charge in [0.25, 0.3) is 5.91 Å². The molecule has 0 fully saturated rings. The first-order valence-corrected chi connectivity index (χ1v) is 6.34. The number of carbonyl (C=O) groups excluding carboxylic acids is 1. The number of hydroxylamine groups is 1. The number of hydrogen-bond donors (Lipinski definition) is 2. The standard InChI is InChI=1S/C14H22N2O2/c1-3-14(4-2,11-15)13(17)16-18-10-12-8-6-5-7-9-12/h5-9H,3-4,10-11,15H2,1-2H3,(H,16,17). The van der Waals surface area contributed by atoms with Gasteiger partial charge in [0.15, 0.2) is 0 Å². The van der Waals surface area contributed by atoms with Crippen LogP contribution in [0.5, 0.6) is 0 Å². The predicted molar refractivity (Wildman–Crippen MR) is 71.4 cm³/mol. The maximum absolute atomic E-state index is 12.0. The molecule has 0 aromatic heterocycles. The molecule has 4 heteroatoms. The zero-order valence-electron chi connectivity index (χ0n) is 11.1. The molecular weight excluding hydrogens is 228 g/mol. The molecule has 0 saturated carbocycles. The second-order valence-electron chi connectivity index (χ2n) is 4.40. The number of nitrogens with two attached hydrogens (primary N) is 1. The van der Waals surface area contributed by atoms with Gasteiger partial charge in [0, 0.05) is 6.54 Å². The van der Waals surface area contributed by atoms with E-state index in [1.165, 1.54) is 0 Å². The molecule has 1 rings (SSSR count). The Morgan fingerprint density at radius 2 is 1.89 bits per heavy atom. The predicted octanol–water partition coefficient (Wildman–Crippen LogP) is 2.00. The topological polar surface area (TPSA) is 64.4 Å². The summed E-state index contributed by atoms with van der Waals surface area (Å²) in [6.45, 7) is 4.63. The summed E-state index contributed by atoms with van der Waals surface area (Å²) in [6.07, 6.45) is 1.42. The Morgan fingerprint density at radius 1 is 1.28 bits per heavy atom. The van der Waals surface area contributed by atoms with Crippen molar-refractivity contribution in [1.29, 1.82) is 0 Å². The van der Waals surface area contributed by atoms with Crippen LogP contribution in [0, 0.1) is 5.41 Å². The zero-order valence-corrected chi connectivity index (χ0v) is 11.1. The van der Waals surface area contributed by atoms with E-state index in [-0.39, 0.29) is 5.91 Å². The Balaban J connectivity index is 2.46. The average molecular weight is 250 g/mol. The van der Waals surface area contributed by atoms with Crippen molar-refractivity contribution in [3.63, 3.8) is 0 Å². The molecule has 0 saturated heterocycles. The molecule has 4 nitrogen and oxygen atoms in total. The van der Waals surface area contributed by atoms with E-state index in [0.29, 0.717) is 26.0 Å². The van der Waals surface area contributed by atoms with E-state index in [1.54, 1.807) is 0 Å². The average Bonchev–Trinajstić information content (AvgIpc) is 2.42. The molecule has 3 N–H and O–H groups in total. The lowest BCUT2D eigenvalue weighted by molar-refractivity contribution is -0.145. The van der Waals surface area contributed by atoms with Crippen LogP contribution >= 0.6 is 0 Å². The van der Waals surface area contributed by atoms with E-state index < -0.39 is 5.41 Å². The molecule has 1 aromatic carbocycles. The number of hydrogen-bond acceptors (Lipinski definition) is 3. The Hall–Kier alpha value is -1.39. The summed E-state index contributed by atoms with van der Waals surface area (Å²) in [7, 11) is 0. The lowest BCUT2D eigenvalue weighted by Crippen LogP contribution is -2.45. The van der Waals surface area contributed by atoms with Crippen LogP contribution in [-0.2, 0) is 16.2 Å². The molecular formula is C14H22N2O2. The van der Waals surface area contributed by atoms with E-state index in [9.17, 15) is 4.79 Å². The van der Waals surface area contributed by atoms with Crippen LogP contribution in [-0.4, -0.2) is 12.5 Å². The van der Waals surface area contributed by atoms with E-state index >= 15 is 0 Å². The first-order valence-electron chi connectivity index (χ1n) is 6.34. The monoisotopic (exact) mass is 250 g/mol. The smallest absolute Gasteiger partial charge is 0.251 e. The van der Waals surface area contributed by atoms with Gasteiger partial charge in [-0.25, -0.2) is 5.48 Å². The van der Waals surface area contributed by atoms with Crippen molar-refractivity contribution >= 4 is 5.91 Å². The molecule has 0 unspecified atom stereocenters. The van der Waals surface area contributed by atoms with Gasteiger partial charge in [0.1, 0.15) is 0 Å². The van der Waals surface area contributed by atoms with Crippen LogP contribution in [0.4, 0.5) is 0 Å². The molecule has 0 aliphatic rings. The highest BCUT2D eigenvalue weighted by atomic mass is 16.6. The summed E-state index contributed by atoms with van der Waals surface area (Å²) < 4.78 is 0. The highest BCUT2D eigenvalue weighted by Crippen LogP contribution is 2.24. The summed E-state index contributed by atoms with van der Waals surface area (Å²) in [5, 5.41) is 0. The van der Waals surface area contributed by atoms with Crippen molar-refractivity contribution in [2.45, 2.75) is 33.3 Å². The summed E-state index contributed by atoms with van der Waals surface area (Å²) in [6, 6.07) is 9.70. The Kier molecular flexibility index (Phi) is 5.82. The van der Waals surface area contributed by atoms with Crippen LogP contribution in [0.15, 0.2) is 30.3 Å². The van der Waals surface area contributed by atoms with Crippen molar-refractivity contribution in [2.75, 3.05) is 6.54 Å². The van der Waals surface area contributed by atoms with Crippen molar-refractivity contribution in [3.8, 4) is 0 Å². The number of rotatable bonds is 7. The van der Waals surface area contributed by atoms with Gasteiger partial charge in [-0.3, -0.25) is 9.63 Å². The third kappa shape index (κ3) is 3.55. The second-order valence-corrected chi connectivity index (χ2v) is 4.40. The van der Waals surface area contributed by atoms with Crippen molar-refractivity contribution in [2.24, 2.45) is 11.1 Å². The lowest BCUT2D eigenvalue weighted by Gasteiger charge is -2.27. The number of benzene rings is 1. The molecule has 0 spiro atoms. The fraction of sp³-hybridized carbons (Fsp3) is 0.500. The van der Waals surface area contributed by atoms with E-state index in [4.69, 9.17) is 10.6 Å². The van der Waals surface area contributed by atoms with Crippen molar-refractivity contribution in [3.05, 3.63) is 35.9 Å². The normalized spacial score (nSPS) is 11.3. The maximum Gasteiger partial charge on any atom is 0.251 e. The Labute approximate surface area is 108 Å². The molecule has 0 aliphatic heterocycles. The largest absolute Gasteiger partial charge is 0.329 e. The molecule has 0 radical (unpaired) electrons.